The molecule has 182 valence electrons. The molecule has 35 heavy (non-hydrogen) atoms. The van der Waals surface area contributed by atoms with Crippen LogP contribution in [0.4, 0.5) is 10.2 Å². The minimum atomic E-state index is -1.21. The third-order valence-electron chi connectivity index (χ3n) is 5.47. The summed E-state index contributed by atoms with van der Waals surface area (Å²) in [6, 6.07) is 12.5. The third-order valence-corrected chi connectivity index (χ3v) is 7.93. The summed E-state index contributed by atoms with van der Waals surface area (Å²) >= 11 is 3.70. The number of amides is 1. The molecule has 0 bridgehead atoms. The first-order valence-electron chi connectivity index (χ1n) is 11.3. The van der Waals surface area contributed by atoms with Crippen molar-refractivity contribution in [2.24, 2.45) is 0 Å². The molecule has 0 aliphatic carbocycles. The lowest BCUT2D eigenvalue weighted by Crippen LogP contribution is -2.22. The van der Waals surface area contributed by atoms with Crippen LogP contribution in [-0.2, 0) is 22.7 Å². The molecule has 1 amide bonds. The van der Waals surface area contributed by atoms with Gasteiger partial charge in [-0.2, -0.15) is 5.10 Å². The summed E-state index contributed by atoms with van der Waals surface area (Å²) in [7, 11) is -1.21. The molecule has 0 fully saturated rings. The van der Waals surface area contributed by atoms with E-state index in [1.165, 1.54) is 12.1 Å². The molecular formula is C25H27BrFN5O2Si. The largest absolute Gasteiger partial charge is 0.361 e. The smallest absolute Gasteiger partial charge is 0.229 e. The van der Waals surface area contributed by atoms with Gasteiger partial charge in [-0.15, -0.1) is 5.10 Å². The van der Waals surface area contributed by atoms with Gasteiger partial charge in [0.25, 0.3) is 0 Å². The monoisotopic (exact) mass is 555 g/mol. The lowest BCUT2D eigenvalue weighted by atomic mass is 10.1. The summed E-state index contributed by atoms with van der Waals surface area (Å²) < 4.78 is 22.1. The molecule has 4 aromatic rings. The lowest BCUT2D eigenvalue weighted by molar-refractivity contribution is -0.115. The number of rotatable bonds is 9. The molecule has 3 heterocycles. The van der Waals surface area contributed by atoms with Crippen molar-refractivity contribution in [2.75, 3.05) is 11.9 Å². The highest BCUT2D eigenvalue weighted by Crippen LogP contribution is 2.37. The van der Waals surface area contributed by atoms with Crippen molar-refractivity contribution in [3.05, 3.63) is 70.7 Å². The van der Waals surface area contributed by atoms with Gasteiger partial charge in [-0.05, 0) is 57.9 Å². The average molecular weight is 557 g/mol. The number of fused-ring (bicyclic) bond motifs is 1. The van der Waals surface area contributed by atoms with Gasteiger partial charge >= 0.3 is 0 Å². The van der Waals surface area contributed by atoms with Gasteiger partial charge in [0, 0.05) is 26.4 Å². The van der Waals surface area contributed by atoms with Crippen molar-refractivity contribution >= 4 is 46.8 Å². The van der Waals surface area contributed by atoms with E-state index in [0.717, 1.165) is 38.4 Å². The van der Waals surface area contributed by atoms with Gasteiger partial charge in [0.15, 0.2) is 0 Å². The molecule has 3 aromatic heterocycles. The Balaban J connectivity index is 1.58. The van der Waals surface area contributed by atoms with E-state index in [4.69, 9.17) is 4.74 Å². The van der Waals surface area contributed by atoms with E-state index in [1.54, 1.807) is 24.5 Å². The van der Waals surface area contributed by atoms with Gasteiger partial charge < -0.3 is 14.6 Å². The number of benzene rings is 1. The standard InChI is InChI=1S/C25H27BrFN5O2Si/c1-35(2,3)13-12-34-16-32-20-9-11-29-31-24(20)23(26)25(32)18-8-10-28-21(15-18)30-22(33)14-17-4-6-19(27)7-5-17/h4-11,15H,12-14,16H2,1-3H3,(H,28,30,33). The number of pyridine rings is 1. The van der Waals surface area contributed by atoms with Gasteiger partial charge in [-0.25, -0.2) is 9.37 Å². The van der Waals surface area contributed by atoms with Gasteiger partial charge in [0.1, 0.15) is 23.9 Å². The first-order chi connectivity index (χ1) is 16.7. The zero-order valence-electron chi connectivity index (χ0n) is 19.9. The van der Waals surface area contributed by atoms with Gasteiger partial charge in [-0.1, -0.05) is 31.8 Å². The van der Waals surface area contributed by atoms with E-state index in [1.807, 2.05) is 18.2 Å². The van der Waals surface area contributed by atoms with Crippen LogP contribution < -0.4 is 5.32 Å². The minimum absolute atomic E-state index is 0.122. The number of carbonyl (C=O) groups excluding carboxylic acids is 1. The molecule has 10 heteroatoms. The lowest BCUT2D eigenvalue weighted by Gasteiger charge is -2.17. The highest BCUT2D eigenvalue weighted by Gasteiger charge is 2.20. The fourth-order valence-corrected chi connectivity index (χ4v) is 5.10. The number of halogens is 2. The van der Waals surface area contributed by atoms with E-state index < -0.39 is 8.07 Å². The van der Waals surface area contributed by atoms with E-state index in [9.17, 15) is 9.18 Å². The van der Waals surface area contributed by atoms with Crippen LogP contribution in [0, 0.1) is 5.82 Å². The fourth-order valence-electron chi connectivity index (χ4n) is 3.62. The summed E-state index contributed by atoms with van der Waals surface area (Å²) in [5.41, 5.74) is 4.06. The maximum Gasteiger partial charge on any atom is 0.229 e. The minimum Gasteiger partial charge on any atom is -0.361 e. The molecule has 0 saturated carbocycles. The molecule has 0 aliphatic heterocycles. The van der Waals surface area contributed by atoms with Crippen LogP contribution in [0.1, 0.15) is 5.56 Å². The number of hydrogen-bond donors (Lipinski definition) is 1. The molecule has 0 unspecified atom stereocenters. The Kier molecular flexibility index (Phi) is 7.73. The van der Waals surface area contributed by atoms with Crippen molar-refractivity contribution in [1.82, 2.24) is 19.7 Å². The molecule has 0 spiro atoms. The zero-order valence-corrected chi connectivity index (χ0v) is 22.5. The summed E-state index contributed by atoms with van der Waals surface area (Å²) in [6.07, 6.45) is 3.43. The van der Waals surface area contributed by atoms with Crippen LogP contribution in [0.5, 0.6) is 0 Å². The van der Waals surface area contributed by atoms with Crippen molar-refractivity contribution in [1.29, 1.82) is 0 Å². The first-order valence-corrected chi connectivity index (χ1v) is 15.8. The van der Waals surface area contributed by atoms with Gasteiger partial charge in [0.05, 0.1) is 28.3 Å². The fraction of sp³-hybridized carbons (Fsp3) is 0.280. The van der Waals surface area contributed by atoms with Gasteiger partial charge in [0.2, 0.25) is 5.91 Å². The predicted octanol–water partition coefficient (Wildman–Crippen LogP) is 5.89. The van der Waals surface area contributed by atoms with E-state index in [-0.39, 0.29) is 18.1 Å². The van der Waals surface area contributed by atoms with E-state index in [0.29, 0.717) is 19.2 Å². The number of nitrogens with one attached hydrogen (secondary N) is 1. The molecule has 4 rings (SSSR count). The van der Waals surface area contributed by atoms with Crippen molar-refractivity contribution in [3.8, 4) is 11.3 Å². The second-order valence-corrected chi connectivity index (χ2v) is 15.9. The molecule has 0 radical (unpaired) electrons. The SMILES string of the molecule is C[Si](C)(C)CCOCn1c(-c2ccnc(NC(=O)Cc3ccc(F)cc3)c2)c(Br)c2nnccc21. The Morgan fingerprint density at radius 3 is 2.66 bits per heavy atom. The number of aromatic nitrogens is 4. The number of nitrogens with zero attached hydrogens (tertiary/aromatic N) is 4. The maximum atomic E-state index is 13.1. The topological polar surface area (TPSA) is 81.9 Å². The van der Waals surface area contributed by atoms with Crippen LogP contribution in [0.15, 0.2) is 59.3 Å². The van der Waals surface area contributed by atoms with Crippen LogP contribution in [0.3, 0.4) is 0 Å². The predicted molar refractivity (Wildman–Crippen MR) is 141 cm³/mol. The molecule has 1 N–H and O–H groups in total. The third kappa shape index (κ3) is 6.39. The first kappa shape index (κ1) is 25.1. The van der Waals surface area contributed by atoms with Crippen LogP contribution in [0.2, 0.25) is 25.7 Å². The molecule has 0 saturated heterocycles. The van der Waals surface area contributed by atoms with E-state index in [2.05, 4.69) is 60.6 Å². The van der Waals surface area contributed by atoms with Crippen molar-refractivity contribution in [3.63, 3.8) is 0 Å². The second kappa shape index (κ2) is 10.8. The Bertz CT molecular complexity index is 1340. The van der Waals surface area contributed by atoms with E-state index >= 15 is 0 Å². The van der Waals surface area contributed by atoms with Crippen molar-refractivity contribution in [2.45, 2.75) is 38.8 Å². The normalized spacial score (nSPS) is 11.7. The van der Waals surface area contributed by atoms with Gasteiger partial charge in [-0.3, -0.25) is 4.79 Å². The number of ether oxygens (including phenoxy) is 1. The van der Waals surface area contributed by atoms with Crippen LogP contribution >= 0.6 is 15.9 Å². The summed E-state index contributed by atoms with van der Waals surface area (Å²) in [6.45, 7) is 8.01. The number of carbonyl (C=O) groups is 1. The molecule has 0 aliphatic rings. The highest BCUT2D eigenvalue weighted by atomic mass is 79.9. The number of anilines is 1. The number of hydrogen-bond acceptors (Lipinski definition) is 5. The maximum absolute atomic E-state index is 13.1. The summed E-state index contributed by atoms with van der Waals surface area (Å²) in [5.74, 6) is -0.149. The summed E-state index contributed by atoms with van der Waals surface area (Å²) in [5, 5.41) is 11.2. The molecular weight excluding hydrogens is 529 g/mol. The van der Waals surface area contributed by atoms with Crippen molar-refractivity contribution < 1.29 is 13.9 Å². The Morgan fingerprint density at radius 1 is 1.14 bits per heavy atom. The Hall–Kier alpha value is -2.95. The second-order valence-electron chi connectivity index (χ2n) is 9.48. The molecule has 1 aromatic carbocycles. The Labute approximate surface area is 212 Å². The quantitative estimate of drug-likeness (QED) is 0.206. The Morgan fingerprint density at radius 2 is 1.91 bits per heavy atom. The average Bonchev–Trinajstić information content (AvgIpc) is 3.09. The summed E-state index contributed by atoms with van der Waals surface area (Å²) in [4.78, 5) is 16.9. The highest BCUT2D eigenvalue weighted by molar-refractivity contribution is 9.10. The van der Waals surface area contributed by atoms with Crippen LogP contribution in [0.25, 0.3) is 22.3 Å². The van der Waals surface area contributed by atoms with Crippen LogP contribution in [-0.4, -0.2) is 40.3 Å². The molecule has 7 nitrogen and oxygen atoms in total. The molecule has 0 atom stereocenters. The zero-order chi connectivity index (χ0) is 25.0.